The maximum Gasteiger partial charge on any atom is 0.338 e. The molecule has 2 heterocycles. The first-order valence-electron chi connectivity index (χ1n) is 10.3. The van der Waals surface area contributed by atoms with Gasteiger partial charge in [0.1, 0.15) is 12.1 Å². The summed E-state index contributed by atoms with van der Waals surface area (Å²) in [6, 6.07) is 25.3. The van der Waals surface area contributed by atoms with Crippen molar-refractivity contribution >= 4 is 11.9 Å². The van der Waals surface area contributed by atoms with Gasteiger partial charge in [-0.05, 0) is 22.8 Å². The van der Waals surface area contributed by atoms with E-state index in [2.05, 4.69) is 6.07 Å². The summed E-state index contributed by atoms with van der Waals surface area (Å²) in [5.74, 6) is -1.20. The van der Waals surface area contributed by atoms with E-state index in [-0.39, 0.29) is 5.78 Å². The van der Waals surface area contributed by atoms with Crippen molar-refractivity contribution in [3.05, 3.63) is 123 Å². The van der Waals surface area contributed by atoms with E-state index in [1.807, 2.05) is 42.5 Å². The van der Waals surface area contributed by atoms with Crippen molar-refractivity contribution < 1.29 is 9.72 Å². The predicted molar refractivity (Wildman–Crippen MR) is 119 cm³/mol. The van der Waals surface area contributed by atoms with Gasteiger partial charge in [0, 0.05) is 16.7 Å². The SMILES string of the molecule is N#CC1([N+](=O)[O-])C(c2ccccc2)C(C(=O)c2ccccc2)N2C=Cc3ccccc3C21. The molecule has 2 aliphatic heterocycles. The molecule has 1 saturated heterocycles. The van der Waals surface area contributed by atoms with E-state index < -0.39 is 28.5 Å². The molecule has 156 valence electrons. The minimum atomic E-state index is -2.04. The maximum absolute atomic E-state index is 13.8. The van der Waals surface area contributed by atoms with Gasteiger partial charge in [-0.25, -0.2) is 0 Å². The Bertz CT molecular complexity index is 1270. The first kappa shape index (κ1) is 19.7. The third kappa shape index (κ3) is 2.68. The molecule has 5 rings (SSSR count). The van der Waals surface area contributed by atoms with E-state index in [1.54, 1.807) is 59.6 Å². The molecule has 3 aromatic rings. The van der Waals surface area contributed by atoms with Crippen molar-refractivity contribution in [2.75, 3.05) is 0 Å². The number of nitrogens with zero attached hydrogens (tertiary/aromatic N) is 3. The minimum absolute atomic E-state index is 0.243. The molecule has 0 aromatic heterocycles. The first-order chi connectivity index (χ1) is 15.6. The van der Waals surface area contributed by atoms with Gasteiger partial charge in [-0.1, -0.05) is 84.9 Å². The molecule has 6 heteroatoms. The van der Waals surface area contributed by atoms with Crippen LogP contribution >= 0.6 is 0 Å². The summed E-state index contributed by atoms with van der Waals surface area (Å²) in [5.41, 5.74) is 0.506. The Hall–Kier alpha value is -4.24. The number of carbonyl (C=O) groups is 1. The van der Waals surface area contributed by atoms with Crippen LogP contribution in [0.1, 0.15) is 39.0 Å². The van der Waals surface area contributed by atoms with E-state index in [0.29, 0.717) is 16.7 Å². The van der Waals surface area contributed by atoms with Crippen LogP contribution in [0.4, 0.5) is 0 Å². The molecule has 0 bridgehead atoms. The van der Waals surface area contributed by atoms with Crippen LogP contribution in [0.25, 0.3) is 6.08 Å². The van der Waals surface area contributed by atoms with E-state index >= 15 is 0 Å². The molecule has 2 aliphatic rings. The van der Waals surface area contributed by atoms with Crippen LogP contribution in [-0.2, 0) is 0 Å². The molecule has 0 radical (unpaired) electrons. The number of hydrogen-bond donors (Lipinski definition) is 0. The van der Waals surface area contributed by atoms with Crippen molar-refractivity contribution in [3.63, 3.8) is 0 Å². The number of Topliss-reactive ketones (excluding diaryl/α,β-unsaturated/α-hetero) is 1. The largest absolute Gasteiger partial charge is 0.351 e. The topological polar surface area (TPSA) is 87.2 Å². The summed E-state index contributed by atoms with van der Waals surface area (Å²) in [7, 11) is 0. The van der Waals surface area contributed by atoms with E-state index in [1.165, 1.54) is 0 Å². The average molecular weight is 421 g/mol. The van der Waals surface area contributed by atoms with Gasteiger partial charge in [-0.2, -0.15) is 5.26 Å². The minimum Gasteiger partial charge on any atom is -0.351 e. The Labute approximate surface area is 185 Å². The highest BCUT2D eigenvalue weighted by Gasteiger charge is 2.71. The van der Waals surface area contributed by atoms with Gasteiger partial charge >= 0.3 is 5.54 Å². The molecule has 0 spiro atoms. The van der Waals surface area contributed by atoms with E-state index in [9.17, 15) is 20.2 Å². The fraction of sp³-hybridized carbons (Fsp3) is 0.154. The molecule has 4 unspecified atom stereocenters. The van der Waals surface area contributed by atoms with Crippen molar-refractivity contribution in [3.8, 4) is 6.07 Å². The number of ketones is 1. The monoisotopic (exact) mass is 421 g/mol. The van der Waals surface area contributed by atoms with Crippen LogP contribution in [-0.4, -0.2) is 27.2 Å². The summed E-state index contributed by atoms with van der Waals surface area (Å²) in [5, 5.41) is 23.1. The van der Waals surface area contributed by atoms with Crippen molar-refractivity contribution in [2.24, 2.45) is 0 Å². The second-order valence-electron chi connectivity index (χ2n) is 8.05. The third-order valence-corrected chi connectivity index (χ3v) is 6.51. The molecule has 3 aromatic carbocycles. The standard InChI is InChI=1S/C26H19N3O3/c27-17-26(29(31)32)22(19-10-3-1-4-11-19)23(24(30)20-12-5-2-6-13-20)28-16-15-18-9-7-8-14-21(18)25(26)28/h1-16,22-23,25H. The summed E-state index contributed by atoms with van der Waals surface area (Å²) >= 11 is 0. The smallest absolute Gasteiger partial charge is 0.338 e. The molecule has 0 amide bonds. The number of fused-ring (bicyclic) bond motifs is 3. The first-order valence-corrected chi connectivity index (χ1v) is 10.3. The average Bonchev–Trinajstić information content (AvgIpc) is 3.16. The molecule has 0 aliphatic carbocycles. The summed E-state index contributed by atoms with van der Waals surface area (Å²) in [6.07, 6.45) is 3.59. The van der Waals surface area contributed by atoms with Crippen LogP contribution < -0.4 is 0 Å². The number of nitriles is 1. The normalized spacial score (nSPS) is 25.5. The lowest BCUT2D eigenvalue weighted by Gasteiger charge is -2.33. The Morgan fingerprint density at radius 3 is 2.25 bits per heavy atom. The predicted octanol–water partition coefficient (Wildman–Crippen LogP) is 4.60. The van der Waals surface area contributed by atoms with Gasteiger partial charge < -0.3 is 4.90 Å². The Morgan fingerprint density at radius 1 is 0.969 bits per heavy atom. The molecule has 1 fully saturated rings. The summed E-state index contributed by atoms with van der Waals surface area (Å²) in [4.78, 5) is 27.8. The van der Waals surface area contributed by atoms with Gasteiger partial charge in [0.25, 0.3) is 0 Å². The van der Waals surface area contributed by atoms with Crippen molar-refractivity contribution in [2.45, 2.75) is 23.5 Å². The van der Waals surface area contributed by atoms with Crippen LogP contribution in [0.5, 0.6) is 0 Å². The zero-order valence-corrected chi connectivity index (χ0v) is 17.0. The number of carbonyl (C=O) groups excluding carboxylic acids is 1. The second-order valence-corrected chi connectivity index (χ2v) is 8.05. The number of rotatable bonds is 4. The number of hydrogen-bond acceptors (Lipinski definition) is 5. The number of benzene rings is 3. The van der Waals surface area contributed by atoms with Gasteiger partial charge in [-0.15, -0.1) is 0 Å². The Kier molecular flexibility index (Phi) is 4.60. The quantitative estimate of drug-likeness (QED) is 0.349. The fourth-order valence-electron chi connectivity index (χ4n) is 5.17. The van der Waals surface area contributed by atoms with Crippen LogP contribution in [0.15, 0.2) is 91.1 Å². The molecule has 0 saturated carbocycles. The lowest BCUT2D eigenvalue weighted by molar-refractivity contribution is -0.559. The lowest BCUT2D eigenvalue weighted by atomic mass is 9.73. The highest BCUT2D eigenvalue weighted by atomic mass is 16.6. The zero-order chi connectivity index (χ0) is 22.3. The fourth-order valence-corrected chi connectivity index (χ4v) is 5.17. The van der Waals surface area contributed by atoms with Crippen molar-refractivity contribution in [1.82, 2.24) is 4.90 Å². The molecular weight excluding hydrogens is 402 g/mol. The number of nitro groups is 1. The van der Waals surface area contributed by atoms with Gasteiger partial charge in [0.2, 0.25) is 0 Å². The van der Waals surface area contributed by atoms with Crippen molar-refractivity contribution in [1.29, 1.82) is 5.26 Å². The van der Waals surface area contributed by atoms with Gasteiger partial charge in [0.15, 0.2) is 11.9 Å². The lowest BCUT2D eigenvalue weighted by Crippen LogP contribution is -2.46. The highest BCUT2D eigenvalue weighted by molar-refractivity contribution is 6.01. The van der Waals surface area contributed by atoms with Gasteiger partial charge in [-0.3, -0.25) is 14.9 Å². The third-order valence-electron chi connectivity index (χ3n) is 6.51. The van der Waals surface area contributed by atoms with Crippen LogP contribution in [0.3, 0.4) is 0 Å². The molecular formula is C26H19N3O3. The summed E-state index contributed by atoms with van der Waals surface area (Å²) in [6.45, 7) is 0. The van der Waals surface area contributed by atoms with Gasteiger partial charge in [0.05, 0.1) is 5.92 Å². The molecule has 6 nitrogen and oxygen atoms in total. The van der Waals surface area contributed by atoms with Crippen LogP contribution in [0, 0.1) is 21.4 Å². The molecule has 32 heavy (non-hydrogen) atoms. The molecule has 0 N–H and O–H groups in total. The summed E-state index contributed by atoms with van der Waals surface area (Å²) < 4.78 is 0. The maximum atomic E-state index is 13.8. The Balaban J connectivity index is 1.80. The molecule has 4 atom stereocenters. The zero-order valence-electron chi connectivity index (χ0n) is 17.0. The van der Waals surface area contributed by atoms with Crippen LogP contribution in [0.2, 0.25) is 0 Å². The second kappa shape index (κ2) is 7.47. The Morgan fingerprint density at radius 2 is 1.59 bits per heavy atom. The highest BCUT2D eigenvalue weighted by Crippen LogP contribution is 2.56. The van der Waals surface area contributed by atoms with E-state index in [0.717, 1.165) is 5.56 Å². The van der Waals surface area contributed by atoms with E-state index in [4.69, 9.17) is 0 Å².